The van der Waals surface area contributed by atoms with Crippen molar-refractivity contribution in [1.29, 1.82) is 0 Å². The number of hydrogen-bond donors (Lipinski definition) is 0. The second-order valence-electron chi connectivity index (χ2n) is 3.31. The Balaban J connectivity index is 0. The van der Waals surface area contributed by atoms with Crippen LogP contribution in [-0.4, -0.2) is 18.5 Å². The van der Waals surface area contributed by atoms with Crippen molar-refractivity contribution in [3.8, 4) is 0 Å². The average molecular weight is 564 g/mol. The monoisotopic (exact) mass is 562 g/mol. The van der Waals surface area contributed by atoms with Gasteiger partial charge >= 0.3 is 22.4 Å². The number of hydrogen-bond acceptors (Lipinski definition) is 0. The van der Waals surface area contributed by atoms with Gasteiger partial charge in [-0.25, -0.2) is 0 Å². The van der Waals surface area contributed by atoms with E-state index in [-0.39, 0.29) is 47.5 Å². The molecule has 0 fully saturated rings. The summed E-state index contributed by atoms with van der Waals surface area (Å²) in [6, 6.07) is 2.53. The minimum Gasteiger partial charge on any atom is -0.164 e. The molecule has 7 heteroatoms. The Morgan fingerprint density at radius 2 is 1.05 bits per heavy atom. The second kappa shape index (κ2) is 12.4. The van der Waals surface area contributed by atoms with Crippen molar-refractivity contribution in [2.45, 2.75) is 20.8 Å². The molecule has 0 bridgehead atoms. The smallest absolute Gasteiger partial charge is 0.164 e. The first kappa shape index (κ1) is 23.1. The van der Waals surface area contributed by atoms with Gasteiger partial charge in [0.25, 0.3) is 0 Å². The normalized spacial score (nSPS) is 9.74. The molecule has 0 heterocycles. The van der Waals surface area contributed by atoms with Crippen LogP contribution in [0, 0.1) is 6.07 Å². The van der Waals surface area contributed by atoms with E-state index in [0.29, 0.717) is 7.92 Å². The summed E-state index contributed by atoms with van der Waals surface area (Å²) in [4.78, 5) is 0. The van der Waals surface area contributed by atoms with Gasteiger partial charge in [-0.1, -0.05) is 30.8 Å². The fraction of sp³-hybridized carbons (Fsp3) is 0.500. The van der Waals surface area contributed by atoms with E-state index < -0.39 is 0 Å². The van der Waals surface area contributed by atoms with Crippen molar-refractivity contribution in [2.75, 3.05) is 18.5 Å². The third-order valence-electron chi connectivity index (χ3n) is 2.33. The molecule has 1 aromatic carbocycles. The molecule has 19 heavy (non-hydrogen) atoms. The van der Waals surface area contributed by atoms with Crippen molar-refractivity contribution >= 4 is 65.9 Å². The number of halogens is 5. The van der Waals surface area contributed by atoms with Crippen LogP contribution in [-0.2, 0) is 22.4 Å². The Labute approximate surface area is 157 Å². The molecule has 0 aliphatic heterocycles. The van der Waals surface area contributed by atoms with E-state index in [2.05, 4.69) is 26.8 Å². The van der Waals surface area contributed by atoms with Gasteiger partial charge in [-0.15, -0.1) is 48.8 Å². The maximum Gasteiger partial charge on any atom is 1.00 e. The molecule has 0 N–H and O–H groups in total. The van der Waals surface area contributed by atoms with E-state index in [9.17, 15) is 0 Å². The van der Waals surface area contributed by atoms with Crippen LogP contribution >= 0.6 is 65.9 Å². The van der Waals surface area contributed by atoms with E-state index in [1.54, 1.807) is 0 Å². The first-order chi connectivity index (χ1) is 8.38. The molecule has 1 rings (SSSR count). The molecule has 0 unspecified atom stereocenters. The summed E-state index contributed by atoms with van der Waals surface area (Å²) in [7, 11) is 0.446. The van der Waals surface area contributed by atoms with Crippen LogP contribution in [0.25, 0.3) is 0 Å². The van der Waals surface area contributed by atoms with Gasteiger partial charge in [0.05, 0.1) is 0 Å². The van der Waals surface area contributed by atoms with Crippen molar-refractivity contribution in [2.24, 2.45) is 0 Å². The minimum atomic E-state index is 0. The summed E-state index contributed by atoms with van der Waals surface area (Å²) in [5.74, 6) is 0. The first-order valence-corrected chi connectivity index (χ1v) is 9.30. The average Bonchev–Trinajstić information content (AvgIpc) is 2.37. The van der Waals surface area contributed by atoms with Crippen LogP contribution in [0.5, 0.6) is 0 Å². The predicted molar refractivity (Wildman–Crippen MR) is 88.9 cm³/mol. The van der Waals surface area contributed by atoms with Gasteiger partial charge in [-0.3, -0.25) is 0 Å². The summed E-state index contributed by atoms with van der Waals surface area (Å²) in [5.41, 5.74) is 0. The van der Waals surface area contributed by atoms with Crippen LogP contribution < -0.4 is 0 Å². The SMILES string of the molecule is CCP(CC)CC.Clc1[c-]c(Cl)c(Cl)c(Cl)c1Cl.[Au+]. The zero-order valence-corrected chi connectivity index (χ0v) is 17.6. The number of rotatable bonds is 3. The van der Waals surface area contributed by atoms with Gasteiger partial charge in [-0.05, 0) is 33.6 Å². The molecule has 0 saturated heterocycles. The largest absolute Gasteiger partial charge is 1.00 e. The molecule has 0 nitrogen and oxygen atoms in total. The summed E-state index contributed by atoms with van der Waals surface area (Å²) >= 11 is 28.0. The van der Waals surface area contributed by atoms with Gasteiger partial charge in [0, 0.05) is 0 Å². The molecule has 0 spiro atoms. The third-order valence-corrected chi connectivity index (χ3v) is 7.10. The summed E-state index contributed by atoms with van der Waals surface area (Å²) in [6.45, 7) is 6.87. The molecule has 0 saturated carbocycles. The first-order valence-electron chi connectivity index (χ1n) is 5.51. The van der Waals surface area contributed by atoms with Crippen LogP contribution in [0.15, 0.2) is 0 Å². The maximum absolute atomic E-state index is 5.64. The minimum absolute atomic E-state index is 0. The molecular formula is C12H15AuCl5P. The summed E-state index contributed by atoms with van der Waals surface area (Å²) < 4.78 is 0. The zero-order chi connectivity index (χ0) is 14.3. The van der Waals surface area contributed by atoms with Crippen molar-refractivity contribution in [3.05, 3.63) is 31.2 Å². The van der Waals surface area contributed by atoms with E-state index >= 15 is 0 Å². The van der Waals surface area contributed by atoms with E-state index in [0.717, 1.165) is 0 Å². The second-order valence-corrected chi connectivity index (χ2v) is 8.44. The fourth-order valence-electron chi connectivity index (χ4n) is 1.17. The van der Waals surface area contributed by atoms with Gasteiger partial charge in [0.2, 0.25) is 0 Å². The van der Waals surface area contributed by atoms with E-state index in [4.69, 9.17) is 58.0 Å². The van der Waals surface area contributed by atoms with Gasteiger partial charge in [0.1, 0.15) is 0 Å². The Morgan fingerprint density at radius 3 is 1.26 bits per heavy atom. The zero-order valence-electron chi connectivity index (χ0n) is 10.8. The van der Waals surface area contributed by atoms with Crippen LogP contribution in [0.1, 0.15) is 20.8 Å². The van der Waals surface area contributed by atoms with Crippen LogP contribution in [0.4, 0.5) is 0 Å². The maximum atomic E-state index is 5.64. The Morgan fingerprint density at radius 1 is 0.737 bits per heavy atom. The van der Waals surface area contributed by atoms with Crippen molar-refractivity contribution < 1.29 is 22.4 Å². The molecule has 0 aliphatic carbocycles. The molecule has 1 aromatic rings. The van der Waals surface area contributed by atoms with Crippen molar-refractivity contribution in [1.82, 2.24) is 0 Å². The van der Waals surface area contributed by atoms with Crippen LogP contribution in [0.3, 0.4) is 0 Å². The molecule has 0 radical (unpaired) electrons. The predicted octanol–water partition coefficient (Wildman–Crippen LogP) is 7.28. The third kappa shape index (κ3) is 8.15. The number of benzene rings is 1. The summed E-state index contributed by atoms with van der Waals surface area (Å²) in [5, 5.41) is 0.838. The van der Waals surface area contributed by atoms with E-state index in [1.165, 1.54) is 18.5 Å². The fourth-order valence-corrected chi connectivity index (χ4v) is 3.55. The molecule has 0 aliphatic rings. The Kier molecular flexibility index (Phi) is 15.1. The standard InChI is InChI=1S/C6Cl5.C6H15P.Au/c7-2-1-3(8)5(10)6(11)4(2)9;1-4-7(5-2)6-3;/h;4-6H2,1-3H3;/q-1;;+1. The van der Waals surface area contributed by atoms with Gasteiger partial charge in [0.15, 0.2) is 0 Å². The molecule has 0 aromatic heterocycles. The molecule has 0 amide bonds. The van der Waals surface area contributed by atoms with Crippen LogP contribution in [0.2, 0.25) is 25.1 Å². The molecule has 0 atom stereocenters. The Bertz CT molecular complexity index is 351. The van der Waals surface area contributed by atoms with E-state index in [1.807, 2.05) is 0 Å². The molecule has 114 valence electrons. The van der Waals surface area contributed by atoms with Crippen molar-refractivity contribution in [3.63, 3.8) is 0 Å². The van der Waals surface area contributed by atoms with Gasteiger partial charge < -0.3 is 0 Å². The quantitative estimate of drug-likeness (QED) is 0.119. The molecular weight excluding hydrogens is 549 g/mol. The Hall–Kier alpha value is 1.84. The summed E-state index contributed by atoms with van der Waals surface area (Å²) in [6.07, 6.45) is 4.26. The van der Waals surface area contributed by atoms with Gasteiger partial charge in [-0.2, -0.15) is 23.2 Å². The topological polar surface area (TPSA) is 0 Å².